The van der Waals surface area contributed by atoms with Gasteiger partial charge < -0.3 is 11.1 Å². The topological polar surface area (TPSA) is 38.0 Å². The Kier molecular flexibility index (Phi) is 4.55. The van der Waals surface area contributed by atoms with Crippen LogP contribution in [0.5, 0.6) is 0 Å². The van der Waals surface area contributed by atoms with Crippen LogP contribution in [0.25, 0.3) is 0 Å². The van der Waals surface area contributed by atoms with Crippen molar-refractivity contribution >= 4 is 39.1 Å². The number of nitrogens with two attached hydrogens (primary N) is 1. The van der Waals surface area contributed by atoms with Crippen molar-refractivity contribution in [2.75, 3.05) is 17.3 Å². The molecular formula is C14H15BrN2S. The van der Waals surface area contributed by atoms with Crippen LogP contribution in [0, 0.1) is 0 Å². The SMILES string of the molecule is CSc1ccc(CNc2ccc(Br)cc2N)cc1. The fraction of sp³-hybridized carbons (Fsp3) is 0.143. The quantitative estimate of drug-likeness (QED) is 0.648. The second-order valence-electron chi connectivity index (χ2n) is 3.93. The van der Waals surface area contributed by atoms with Crippen molar-refractivity contribution in [3.63, 3.8) is 0 Å². The molecule has 2 rings (SSSR count). The number of hydrogen-bond donors (Lipinski definition) is 2. The maximum absolute atomic E-state index is 5.94. The van der Waals surface area contributed by atoms with E-state index in [0.29, 0.717) is 0 Å². The molecule has 0 radical (unpaired) electrons. The van der Waals surface area contributed by atoms with E-state index in [9.17, 15) is 0 Å². The Balaban J connectivity index is 2.02. The van der Waals surface area contributed by atoms with Crippen molar-refractivity contribution in [1.82, 2.24) is 0 Å². The highest BCUT2D eigenvalue weighted by Gasteiger charge is 2.00. The van der Waals surface area contributed by atoms with E-state index in [2.05, 4.69) is 51.8 Å². The number of hydrogen-bond acceptors (Lipinski definition) is 3. The van der Waals surface area contributed by atoms with Crippen molar-refractivity contribution in [2.24, 2.45) is 0 Å². The monoisotopic (exact) mass is 322 g/mol. The summed E-state index contributed by atoms with van der Waals surface area (Å²) in [5.41, 5.74) is 8.90. The zero-order valence-corrected chi connectivity index (χ0v) is 12.5. The minimum Gasteiger partial charge on any atom is -0.397 e. The fourth-order valence-corrected chi connectivity index (χ4v) is 2.42. The minimum absolute atomic E-state index is 0.755. The van der Waals surface area contributed by atoms with E-state index >= 15 is 0 Å². The number of nitrogen functional groups attached to an aromatic ring is 1. The maximum Gasteiger partial charge on any atom is 0.0577 e. The van der Waals surface area contributed by atoms with Gasteiger partial charge in [0.15, 0.2) is 0 Å². The Morgan fingerprint density at radius 1 is 1.17 bits per heavy atom. The molecule has 0 aliphatic carbocycles. The van der Waals surface area contributed by atoms with Gasteiger partial charge in [0.05, 0.1) is 11.4 Å². The standard InChI is InChI=1S/C14H15BrN2S/c1-18-12-5-2-10(3-6-12)9-17-14-7-4-11(15)8-13(14)16/h2-8,17H,9,16H2,1H3. The smallest absolute Gasteiger partial charge is 0.0577 e. The summed E-state index contributed by atoms with van der Waals surface area (Å²) in [4.78, 5) is 1.28. The molecule has 0 bridgehead atoms. The summed E-state index contributed by atoms with van der Waals surface area (Å²) in [6.07, 6.45) is 2.08. The highest BCUT2D eigenvalue weighted by Crippen LogP contribution is 2.23. The van der Waals surface area contributed by atoms with Crippen LogP contribution in [0.1, 0.15) is 5.56 Å². The number of rotatable bonds is 4. The van der Waals surface area contributed by atoms with E-state index in [1.54, 1.807) is 11.8 Å². The summed E-state index contributed by atoms with van der Waals surface area (Å²) >= 11 is 5.15. The first-order chi connectivity index (χ1) is 8.69. The molecule has 0 saturated carbocycles. The van der Waals surface area contributed by atoms with E-state index in [0.717, 1.165) is 22.4 Å². The number of nitrogens with one attached hydrogen (secondary N) is 1. The van der Waals surface area contributed by atoms with Crippen LogP contribution in [-0.2, 0) is 6.54 Å². The number of anilines is 2. The van der Waals surface area contributed by atoms with Gasteiger partial charge in [0, 0.05) is 15.9 Å². The van der Waals surface area contributed by atoms with Gasteiger partial charge in [-0.2, -0.15) is 0 Å². The van der Waals surface area contributed by atoms with E-state index in [-0.39, 0.29) is 0 Å². The number of benzene rings is 2. The van der Waals surface area contributed by atoms with Crippen molar-refractivity contribution < 1.29 is 0 Å². The Hall–Kier alpha value is -1.13. The molecule has 0 atom stereocenters. The molecule has 4 heteroatoms. The van der Waals surface area contributed by atoms with Crippen LogP contribution < -0.4 is 11.1 Å². The third-order valence-corrected chi connectivity index (χ3v) is 3.89. The largest absolute Gasteiger partial charge is 0.397 e. The normalized spacial score (nSPS) is 10.3. The van der Waals surface area contributed by atoms with E-state index < -0.39 is 0 Å². The molecule has 2 aromatic carbocycles. The predicted octanol–water partition coefficient (Wildman–Crippen LogP) is 4.37. The van der Waals surface area contributed by atoms with Crippen LogP contribution in [0.15, 0.2) is 51.8 Å². The maximum atomic E-state index is 5.94. The summed E-state index contributed by atoms with van der Waals surface area (Å²) in [5.74, 6) is 0. The van der Waals surface area contributed by atoms with E-state index in [1.807, 2.05) is 18.2 Å². The first-order valence-electron chi connectivity index (χ1n) is 5.61. The fourth-order valence-electron chi connectivity index (χ4n) is 1.64. The van der Waals surface area contributed by atoms with Gasteiger partial charge in [-0.1, -0.05) is 28.1 Å². The molecule has 0 fully saturated rings. The third kappa shape index (κ3) is 3.43. The number of thioether (sulfide) groups is 1. The lowest BCUT2D eigenvalue weighted by molar-refractivity contribution is 1.14. The molecular weight excluding hydrogens is 308 g/mol. The van der Waals surface area contributed by atoms with Crippen LogP contribution in [-0.4, -0.2) is 6.26 Å². The van der Waals surface area contributed by atoms with Gasteiger partial charge in [0.2, 0.25) is 0 Å². The Bertz CT molecular complexity index is 526. The molecule has 0 aliphatic heterocycles. The third-order valence-electron chi connectivity index (χ3n) is 2.66. The van der Waals surface area contributed by atoms with E-state index in [4.69, 9.17) is 5.73 Å². The van der Waals surface area contributed by atoms with Crippen LogP contribution in [0.4, 0.5) is 11.4 Å². The van der Waals surface area contributed by atoms with Crippen molar-refractivity contribution in [1.29, 1.82) is 0 Å². The molecule has 0 aromatic heterocycles. The minimum atomic E-state index is 0.755. The molecule has 0 unspecified atom stereocenters. The number of halogens is 1. The molecule has 94 valence electrons. The summed E-state index contributed by atoms with van der Waals surface area (Å²) in [7, 11) is 0. The molecule has 0 spiro atoms. The van der Waals surface area contributed by atoms with Crippen LogP contribution in [0.3, 0.4) is 0 Å². The Morgan fingerprint density at radius 2 is 1.89 bits per heavy atom. The summed E-state index contributed by atoms with van der Waals surface area (Å²) in [6.45, 7) is 0.778. The predicted molar refractivity (Wildman–Crippen MR) is 84.1 cm³/mol. The lowest BCUT2D eigenvalue weighted by Gasteiger charge is -2.10. The second kappa shape index (κ2) is 6.16. The lowest BCUT2D eigenvalue weighted by Crippen LogP contribution is -2.02. The van der Waals surface area contributed by atoms with Crippen LogP contribution >= 0.6 is 27.7 Å². The Labute approximate surface area is 120 Å². The molecule has 2 nitrogen and oxygen atoms in total. The van der Waals surface area contributed by atoms with Gasteiger partial charge in [-0.25, -0.2) is 0 Å². The van der Waals surface area contributed by atoms with Crippen LogP contribution in [0.2, 0.25) is 0 Å². The molecule has 0 amide bonds. The highest BCUT2D eigenvalue weighted by atomic mass is 79.9. The molecule has 3 N–H and O–H groups in total. The average Bonchev–Trinajstić information content (AvgIpc) is 2.38. The molecule has 2 aromatic rings. The first-order valence-corrected chi connectivity index (χ1v) is 7.62. The molecule has 0 heterocycles. The van der Waals surface area contributed by atoms with Gasteiger partial charge >= 0.3 is 0 Å². The molecule has 18 heavy (non-hydrogen) atoms. The molecule has 0 aliphatic rings. The summed E-state index contributed by atoms with van der Waals surface area (Å²) in [5, 5.41) is 3.34. The summed E-state index contributed by atoms with van der Waals surface area (Å²) < 4.78 is 0.995. The van der Waals surface area contributed by atoms with Gasteiger partial charge in [-0.3, -0.25) is 0 Å². The first kappa shape index (κ1) is 13.3. The van der Waals surface area contributed by atoms with Gasteiger partial charge in [-0.05, 0) is 42.2 Å². The Morgan fingerprint density at radius 3 is 2.50 bits per heavy atom. The van der Waals surface area contributed by atoms with E-state index in [1.165, 1.54) is 10.5 Å². The van der Waals surface area contributed by atoms with Gasteiger partial charge in [0.1, 0.15) is 0 Å². The van der Waals surface area contributed by atoms with Crippen molar-refractivity contribution in [2.45, 2.75) is 11.4 Å². The lowest BCUT2D eigenvalue weighted by atomic mass is 10.2. The van der Waals surface area contributed by atoms with Gasteiger partial charge in [-0.15, -0.1) is 11.8 Å². The second-order valence-corrected chi connectivity index (χ2v) is 5.73. The van der Waals surface area contributed by atoms with Crippen molar-refractivity contribution in [3.8, 4) is 0 Å². The highest BCUT2D eigenvalue weighted by molar-refractivity contribution is 9.10. The zero-order chi connectivity index (χ0) is 13.0. The van der Waals surface area contributed by atoms with Gasteiger partial charge in [0.25, 0.3) is 0 Å². The van der Waals surface area contributed by atoms with Crippen molar-refractivity contribution in [3.05, 3.63) is 52.5 Å². The summed E-state index contributed by atoms with van der Waals surface area (Å²) in [6, 6.07) is 14.4. The zero-order valence-electron chi connectivity index (χ0n) is 10.1. The average molecular weight is 323 g/mol. The molecule has 0 saturated heterocycles.